The molecule has 2 aromatic carbocycles. The standard InChI is InChI=1S/C21H17Cl.Zr/c1-14(22)21(19-12-10-15-6-2-4-8-17(15)19)20-13-11-16-7-3-5-9-18(16)20;/h2-13,19-21H,1H2;. The first kappa shape index (κ1) is 16.7. The largest absolute Gasteiger partial charge is 0.0894 e. The smallest absolute Gasteiger partial charge is 0.0158 e. The van der Waals surface area contributed by atoms with Crippen LogP contribution in [0.4, 0.5) is 0 Å². The summed E-state index contributed by atoms with van der Waals surface area (Å²) in [5.41, 5.74) is 5.30. The fraction of sp³-hybridized carbons (Fsp3) is 0.143. The van der Waals surface area contributed by atoms with Gasteiger partial charge in [0.25, 0.3) is 0 Å². The van der Waals surface area contributed by atoms with E-state index in [0.29, 0.717) is 11.8 Å². The number of allylic oxidation sites excluding steroid dienone is 3. The molecule has 0 N–H and O–H groups in total. The van der Waals surface area contributed by atoms with E-state index in [2.05, 4.69) is 79.4 Å². The maximum absolute atomic E-state index is 6.47. The SMILES string of the molecule is C=C(Cl)C(C1C=Cc2ccccc21)C1C=Cc2ccccc21.[Zr]. The molecule has 0 fully saturated rings. The summed E-state index contributed by atoms with van der Waals surface area (Å²) in [6.45, 7) is 4.09. The second-order valence-electron chi connectivity index (χ2n) is 6.00. The Morgan fingerprint density at radius 1 is 0.826 bits per heavy atom. The summed E-state index contributed by atoms with van der Waals surface area (Å²) in [5.74, 6) is 0.769. The van der Waals surface area contributed by atoms with Gasteiger partial charge in [-0.1, -0.05) is 91.0 Å². The zero-order chi connectivity index (χ0) is 15.1. The molecule has 2 heteroatoms. The van der Waals surface area contributed by atoms with Gasteiger partial charge in [-0.05, 0) is 22.3 Å². The number of hydrogen-bond acceptors (Lipinski definition) is 0. The van der Waals surface area contributed by atoms with Crippen molar-refractivity contribution < 1.29 is 26.2 Å². The van der Waals surface area contributed by atoms with E-state index >= 15 is 0 Å². The van der Waals surface area contributed by atoms with Crippen molar-refractivity contribution in [3.63, 3.8) is 0 Å². The number of benzene rings is 2. The molecule has 0 radical (unpaired) electrons. The van der Waals surface area contributed by atoms with Crippen LogP contribution in [0.2, 0.25) is 0 Å². The van der Waals surface area contributed by atoms with E-state index in [1.54, 1.807) is 0 Å². The Labute approximate surface area is 161 Å². The summed E-state index contributed by atoms with van der Waals surface area (Å²) in [7, 11) is 0. The van der Waals surface area contributed by atoms with Crippen molar-refractivity contribution in [1.82, 2.24) is 0 Å². The minimum Gasteiger partial charge on any atom is -0.0894 e. The summed E-state index contributed by atoms with van der Waals surface area (Å²) in [6, 6.07) is 17.1. The van der Waals surface area contributed by atoms with E-state index in [1.165, 1.54) is 22.3 Å². The third kappa shape index (κ3) is 2.86. The maximum atomic E-state index is 6.47. The van der Waals surface area contributed by atoms with Gasteiger partial charge in [-0.25, -0.2) is 0 Å². The molecule has 0 aromatic heterocycles. The van der Waals surface area contributed by atoms with Crippen molar-refractivity contribution >= 4 is 23.8 Å². The van der Waals surface area contributed by atoms with Gasteiger partial charge in [0.2, 0.25) is 0 Å². The van der Waals surface area contributed by atoms with Gasteiger partial charge >= 0.3 is 0 Å². The molecule has 0 bridgehead atoms. The molecule has 4 rings (SSSR count). The van der Waals surface area contributed by atoms with Crippen LogP contribution < -0.4 is 0 Å². The topological polar surface area (TPSA) is 0 Å². The zero-order valence-electron chi connectivity index (χ0n) is 12.7. The number of fused-ring (bicyclic) bond motifs is 2. The molecule has 0 heterocycles. The molecule has 23 heavy (non-hydrogen) atoms. The van der Waals surface area contributed by atoms with E-state index in [0.717, 1.165) is 5.03 Å². The van der Waals surface area contributed by atoms with Crippen LogP contribution in [0.15, 0.2) is 72.3 Å². The van der Waals surface area contributed by atoms with Crippen LogP contribution in [0.3, 0.4) is 0 Å². The van der Waals surface area contributed by atoms with Gasteiger partial charge in [-0.3, -0.25) is 0 Å². The number of halogens is 1. The van der Waals surface area contributed by atoms with Crippen molar-refractivity contribution in [2.45, 2.75) is 11.8 Å². The average molecular weight is 396 g/mol. The Morgan fingerprint density at radius 2 is 1.26 bits per heavy atom. The average Bonchev–Trinajstić information content (AvgIpc) is 3.13. The van der Waals surface area contributed by atoms with Crippen LogP contribution in [-0.2, 0) is 26.2 Å². The third-order valence-electron chi connectivity index (χ3n) is 4.81. The zero-order valence-corrected chi connectivity index (χ0v) is 16.0. The fourth-order valence-electron chi connectivity index (χ4n) is 3.79. The van der Waals surface area contributed by atoms with Gasteiger partial charge in [0.1, 0.15) is 0 Å². The Hall–Kier alpha value is -1.17. The maximum Gasteiger partial charge on any atom is 0.0158 e. The monoisotopic (exact) mass is 394 g/mol. The van der Waals surface area contributed by atoms with Gasteiger partial charge < -0.3 is 0 Å². The first-order valence-electron chi connectivity index (χ1n) is 7.64. The summed E-state index contributed by atoms with van der Waals surface area (Å²) < 4.78 is 0. The Kier molecular flexibility index (Phi) is 4.90. The Balaban J connectivity index is 0.00000156. The first-order chi connectivity index (χ1) is 10.8. The van der Waals surface area contributed by atoms with Crippen LogP contribution in [0, 0.1) is 5.92 Å². The first-order valence-corrected chi connectivity index (χ1v) is 8.02. The summed E-state index contributed by atoms with van der Waals surface area (Å²) in [5, 5.41) is 0.734. The molecule has 2 atom stereocenters. The van der Waals surface area contributed by atoms with Crippen molar-refractivity contribution in [2.75, 3.05) is 0 Å². The third-order valence-corrected chi connectivity index (χ3v) is 5.06. The minimum absolute atomic E-state index is 0. The molecular formula is C21H17ClZr. The molecule has 0 amide bonds. The number of hydrogen-bond donors (Lipinski definition) is 0. The summed E-state index contributed by atoms with van der Waals surface area (Å²) >= 11 is 6.47. The molecule has 0 nitrogen and oxygen atoms in total. The van der Waals surface area contributed by atoms with Crippen LogP contribution >= 0.6 is 11.6 Å². The fourth-order valence-corrected chi connectivity index (χ4v) is 4.07. The van der Waals surface area contributed by atoms with Crippen LogP contribution in [0.25, 0.3) is 12.2 Å². The molecule has 2 unspecified atom stereocenters. The van der Waals surface area contributed by atoms with Gasteiger partial charge in [-0.15, -0.1) is 0 Å². The molecule has 0 spiro atoms. The van der Waals surface area contributed by atoms with E-state index in [9.17, 15) is 0 Å². The Bertz CT molecular complexity index is 741. The van der Waals surface area contributed by atoms with Crippen molar-refractivity contribution in [1.29, 1.82) is 0 Å². The predicted octanol–water partition coefficient (Wildman–Crippen LogP) is 5.97. The second-order valence-corrected chi connectivity index (χ2v) is 6.49. The van der Waals surface area contributed by atoms with Gasteiger partial charge in [0.15, 0.2) is 0 Å². The van der Waals surface area contributed by atoms with Crippen LogP contribution in [0.5, 0.6) is 0 Å². The minimum atomic E-state index is 0. The van der Waals surface area contributed by atoms with E-state index < -0.39 is 0 Å². The predicted molar refractivity (Wildman–Crippen MR) is 94.9 cm³/mol. The van der Waals surface area contributed by atoms with Crippen LogP contribution in [0.1, 0.15) is 34.1 Å². The molecule has 2 aliphatic carbocycles. The molecule has 2 aromatic rings. The van der Waals surface area contributed by atoms with Crippen LogP contribution in [-0.4, -0.2) is 0 Å². The second kappa shape index (κ2) is 6.75. The van der Waals surface area contributed by atoms with Gasteiger partial charge in [0, 0.05) is 49.0 Å². The van der Waals surface area contributed by atoms with Crippen molar-refractivity contribution in [3.8, 4) is 0 Å². The van der Waals surface area contributed by atoms with Gasteiger partial charge in [-0.2, -0.15) is 0 Å². The van der Waals surface area contributed by atoms with E-state index in [1.807, 2.05) is 0 Å². The molecule has 2 aliphatic rings. The molecular weight excluding hydrogens is 379 g/mol. The molecule has 0 saturated heterocycles. The molecule has 112 valence electrons. The Morgan fingerprint density at radius 3 is 1.70 bits per heavy atom. The summed E-state index contributed by atoms with van der Waals surface area (Å²) in [4.78, 5) is 0. The molecule has 0 saturated carbocycles. The van der Waals surface area contributed by atoms with Crippen molar-refractivity contribution in [2.24, 2.45) is 5.92 Å². The van der Waals surface area contributed by atoms with Gasteiger partial charge in [0.05, 0.1) is 0 Å². The van der Waals surface area contributed by atoms with E-state index in [-0.39, 0.29) is 32.1 Å². The van der Waals surface area contributed by atoms with Crippen molar-refractivity contribution in [3.05, 3.63) is 94.5 Å². The number of rotatable bonds is 3. The molecule has 0 aliphatic heterocycles. The normalized spacial score (nSPS) is 21.4. The quantitative estimate of drug-likeness (QED) is 0.600. The summed E-state index contributed by atoms with van der Waals surface area (Å²) in [6.07, 6.45) is 8.96. The van der Waals surface area contributed by atoms with E-state index in [4.69, 9.17) is 11.6 Å².